The zero-order chi connectivity index (χ0) is 18.7. The van der Waals surface area contributed by atoms with E-state index in [2.05, 4.69) is 11.5 Å². The summed E-state index contributed by atoms with van der Waals surface area (Å²) in [5, 5.41) is 11.5. The minimum atomic E-state index is -0.561. The average Bonchev–Trinajstić information content (AvgIpc) is 3.01. The summed E-state index contributed by atoms with van der Waals surface area (Å²) in [6, 6.07) is 4.64. The smallest absolute Gasteiger partial charge is 0.414 e. The summed E-state index contributed by atoms with van der Waals surface area (Å²) in [5.41, 5.74) is 1.75. The molecule has 0 bridgehead atoms. The molecule has 2 amide bonds. The lowest BCUT2D eigenvalue weighted by molar-refractivity contribution is -0.119. The van der Waals surface area contributed by atoms with Crippen molar-refractivity contribution >= 4 is 23.3 Å². The highest BCUT2D eigenvalue weighted by Crippen LogP contribution is 2.29. The summed E-state index contributed by atoms with van der Waals surface area (Å²) >= 11 is 0. The maximum Gasteiger partial charge on any atom is 0.414 e. The fraction of sp³-hybridized carbons (Fsp3) is 0.389. The number of nitrogens with zero attached hydrogens (tertiary/aromatic N) is 3. The van der Waals surface area contributed by atoms with Crippen LogP contribution in [0.4, 0.5) is 14.9 Å². The minimum absolute atomic E-state index is 0.203. The number of cyclic esters (lactones) is 1. The van der Waals surface area contributed by atoms with E-state index in [1.807, 2.05) is 6.08 Å². The van der Waals surface area contributed by atoms with Gasteiger partial charge in [-0.3, -0.25) is 9.69 Å². The number of nitrogens with one attached hydrogen (secondary N) is 1. The predicted octanol–water partition coefficient (Wildman–Crippen LogP) is 1.86. The van der Waals surface area contributed by atoms with Crippen LogP contribution in [0.5, 0.6) is 0 Å². The molecule has 1 N–H and O–H groups in total. The highest BCUT2D eigenvalue weighted by atomic mass is 19.1. The quantitative estimate of drug-likeness (QED) is 0.831. The first kappa shape index (κ1) is 17.7. The number of carbonyl (C=O) groups is 2. The van der Waals surface area contributed by atoms with Gasteiger partial charge in [0.05, 0.1) is 18.8 Å². The lowest BCUT2D eigenvalue weighted by Crippen LogP contribution is -2.33. The van der Waals surface area contributed by atoms with E-state index < -0.39 is 18.0 Å². The van der Waals surface area contributed by atoms with Crippen molar-refractivity contribution in [3.8, 4) is 6.19 Å². The van der Waals surface area contributed by atoms with Gasteiger partial charge in [0.15, 0.2) is 6.19 Å². The number of benzene rings is 1. The Bertz CT molecular complexity index is 802. The van der Waals surface area contributed by atoms with E-state index >= 15 is 0 Å². The molecule has 26 heavy (non-hydrogen) atoms. The van der Waals surface area contributed by atoms with Gasteiger partial charge in [0.2, 0.25) is 5.91 Å². The SMILES string of the molecule is CC(=O)NCC1CN(c2ccc(C3=CCN(C#N)CC3)c(F)c2)C(=O)O1. The zero-order valence-corrected chi connectivity index (χ0v) is 14.4. The molecule has 0 aromatic heterocycles. The van der Waals surface area contributed by atoms with Crippen molar-refractivity contribution in [1.29, 1.82) is 5.26 Å². The maximum absolute atomic E-state index is 14.6. The van der Waals surface area contributed by atoms with Crippen LogP contribution in [0.1, 0.15) is 18.9 Å². The monoisotopic (exact) mass is 358 g/mol. The van der Waals surface area contributed by atoms with E-state index in [1.54, 1.807) is 17.0 Å². The van der Waals surface area contributed by atoms with Gasteiger partial charge < -0.3 is 15.0 Å². The van der Waals surface area contributed by atoms with E-state index in [0.717, 1.165) is 5.57 Å². The Hall–Kier alpha value is -3.08. The van der Waals surface area contributed by atoms with E-state index in [0.29, 0.717) is 30.8 Å². The molecule has 0 saturated carbocycles. The van der Waals surface area contributed by atoms with Gasteiger partial charge in [0.1, 0.15) is 11.9 Å². The second kappa shape index (κ2) is 7.44. The molecule has 8 heteroatoms. The van der Waals surface area contributed by atoms with Crippen LogP contribution in [0.3, 0.4) is 0 Å². The molecule has 0 spiro atoms. The lowest BCUT2D eigenvalue weighted by Gasteiger charge is -2.22. The second-order valence-corrected chi connectivity index (χ2v) is 6.24. The molecule has 136 valence electrons. The van der Waals surface area contributed by atoms with E-state index in [-0.39, 0.29) is 19.0 Å². The predicted molar refractivity (Wildman–Crippen MR) is 92.5 cm³/mol. The molecule has 1 unspecified atom stereocenters. The van der Waals surface area contributed by atoms with Crippen LogP contribution in [-0.4, -0.2) is 49.2 Å². The highest BCUT2D eigenvalue weighted by Gasteiger charge is 2.32. The number of amides is 2. The first-order valence-electron chi connectivity index (χ1n) is 8.34. The first-order chi connectivity index (χ1) is 12.5. The number of hydrogen-bond donors (Lipinski definition) is 1. The van der Waals surface area contributed by atoms with Gasteiger partial charge in [-0.25, -0.2) is 9.18 Å². The van der Waals surface area contributed by atoms with Crippen LogP contribution in [0.15, 0.2) is 24.3 Å². The molecule has 1 aromatic carbocycles. The van der Waals surface area contributed by atoms with Crippen molar-refractivity contribution < 1.29 is 18.7 Å². The Morgan fingerprint density at radius 1 is 1.50 bits per heavy atom. The molecule has 2 heterocycles. The number of nitriles is 1. The fourth-order valence-electron chi connectivity index (χ4n) is 3.03. The number of rotatable bonds is 4. The van der Waals surface area contributed by atoms with Gasteiger partial charge in [-0.15, -0.1) is 0 Å². The van der Waals surface area contributed by atoms with Crippen molar-refractivity contribution in [1.82, 2.24) is 10.2 Å². The van der Waals surface area contributed by atoms with E-state index in [1.165, 1.54) is 17.9 Å². The number of ether oxygens (including phenoxy) is 1. The molecule has 1 saturated heterocycles. The average molecular weight is 358 g/mol. The van der Waals surface area contributed by atoms with E-state index in [4.69, 9.17) is 10.00 Å². The van der Waals surface area contributed by atoms with Gasteiger partial charge in [0.25, 0.3) is 0 Å². The van der Waals surface area contributed by atoms with Crippen molar-refractivity contribution in [3.05, 3.63) is 35.7 Å². The molecule has 2 aliphatic rings. The third-order valence-corrected chi connectivity index (χ3v) is 4.41. The topological polar surface area (TPSA) is 85.7 Å². The number of halogens is 1. The standard InChI is InChI=1S/C18H19FN4O3/c1-12(24)21-9-15-10-23(18(25)26-15)14-2-3-16(17(19)8-14)13-4-6-22(11-20)7-5-13/h2-4,8,15H,5-7,9-10H2,1H3,(H,21,24). The lowest BCUT2D eigenvalue weighted by atomic mass is 9.98. The van der Waals surface area contributed by atoms with Crippen LogP contribution in [0, 0.1) is 17.3 Å². The minimum Gasteiger partial charge on any atom is -0.442 e. The van der Waals surface area contributed by atoms with Crippen LogP contribution in [-0.2, 0) is 9.53 Å². The van der Waals surface area contributed by atoms with E-state index in [9.17, 15) is 14.0 Å². The number of carbonyl (C=O) groups excluding carboxylic acids is 2. The van der Waals surface area contributed by atoms with Gasteiger partial charge in [0, 0.05) is 25.6 Å². The Kier molecular flexibility index (Phi) is 5.07. The number of hydrogen-bond acceptors (Lipinski definition) is 5. The Morgan fingerprint density at radius 3 is 2.92 bits per heavy atom. The normalized spacial score (nSPS) is 19.7. The third kappa shape index (κ3) is 3.77. The summed E-state index contributed by atoms with van der Waals surface area (Å²) in [7, 11) is 0. The Labute approximate surface area is 150 Å². The second-order valence-electron chi connectivity index (χ2n) is 6.24. The molecular weight excluding hydrogens is 339 g/mol. The number of anilines is 1. The van der Waals surface area contributed by atoms with Crippen molar-refractivity contribution in [2.45, 2.75) is 19.4 Å². The molecule has 1 aromatic rings. The zero-order valence-electron chi connectivity index (χ0n) is 14.4. The maximum atomic E-state index is 14.6. The molecule has 0 radical (unpaired) electrons. The largest absolute Gasteiger partial charge is 0.442 e. The van der Waals surface area contributed by atoms with Crippen molar-refractivity contribution in [2.24, 2.45) is 0 Å². The summed E-state index contributed by atoms with van der Waals surface area (Å²) < 4.78 is 19.8. The van der Waals surface area contributed by atoms with Crippen LogP contribution < -0.4 is 10.2 Å². The summed E-state index contributed by atoms with van der Waals surface area (Å²) in [5.74, 6) is -0.622. The summed E-state index contributed by atoms with van der Waals surface area (Å²) in [6.07, 6.45) is 3.48. The van der Waals surface area contributed by atoms with Gasteiger partial charge in [-0.05, 0) is 30.2 Å². The molecule has 7 nitrogen and oxygen atoms in total. The molecule has 1 fully saturated rings. The van der Waals surface area contributed by atoms with Gasteiger partial charge >= 0.3 is 6.09 Å². The summed E-state index contributed by atoms with van der Waals surface area (Å²) in [6.45, 7) is 2.89. The van der Waals surface area contributed by atoms with Crippen LogP contribution >= 0.6 is 0 Å². The molecule has 2 aliphatic heterocycles. The molecule has 3 rings (SSSR count). The van der Waals surface area contributed by atoms with Crippen LogP contribution in [0.25, 0.3) is 5.57 Å². The van der Waals surface area contributed by atoms with Crippen molar-refractivity contribution in [3.63, 3.8) is 0 Å². The Balaban J connectivity index is 1.72. The molecule has 1 atom stereocenters. The molecule has 0 aliphatic carbocycles. The van der Waals surface area contributed by atoms with Gasteiger partial charge in [-0.2, -0.15) is 5.26 Å². The third-order valence-electron chi connectivity index (χ3n) is 4.41. The highest BCUT2D eigenvalue weighted by molar-refractivity contribution is 5.90. The van der Waals surface area contributed by atoms with Crippen molar-refractivity contribution in [2.75, 3.05) is 31.1 Å². The van der Waals surface area contributed by atoms with Crippen LogP contribution in [0.2, 0.25) is 0 Å². The Morgan fingerprint density at radius 2 is 2.31 bits per heavy atom. The molecular formula is C18H19FN4O3. The van der Waals surface area contributed by atoms with Gasteiger partial charge in [-0.1, -0.05) is 6.08 Å². The summed E-state index contributed by atoms with van der Waals surface area (Å²) in [4.78, 5) is 25.9. The first-order valence-corrected chi connectivity index (χ1v) is 8.34. The fourth-order valence-corrected chi connectivity index (χ4v) is 3.03.